The number of hydrogen-bond acceptors (Lipinski definition) is 3. The molecule has 1 N–H and O–H groups in total. The summed E-state index contributed by atoms with van der Waals surface area (Å²) in [7, 11) is 0. The van der Waals surface area contributed by atoms with Crippen molar-refractivity contribution in [1.29, 1.82) is 0 Å². The number of carbonyl (C=O) groups excluding carboxylic acids is 3. The van der Waals surface area contributed by atoms with E-state index in [0.29, 0.717) is 32.6 Å². The highest BCUT2D eigenvalue weighted by atomic mass is 16.2. The summed E-state index contributed by atoms with van der Waals surface area (Å²) in [6.07, 6.45) is 1.47. The van der Waals surface area contributed by atoms with Crippen LogP contribution in [0.25, 0.3) is 0 Å². The topological polar surface area (TPSA) is 69.7 Å². The Labute approximate surface area is 119 Å². The van der Waals surface area contributed by atoms with E-state index in [9.17, 15) is 14.4 Å². The van der Waals surface area contributed by atoms with Gasteiger partial charge in [0.05, 0.1) is 11.8 Å². The summed E-state index contributed by atoms with van der Waals surface area (Å²) in [6.45, 7) is 8.11. The van der Waals surface area contributed by atoms with Crippen molar-refractivity contribution in [2.24, 2.45) is 11.8 Å². The Morgan fingerprint density at radius 1 is 1.10 bits per heavy atom. The molecule has 112 valence electrons. The highest BCUT2D eigenvalue weighted by Gasteiger charge is 2.50. The standard InChI is InChI=1S/C14H23N3O3/c1-14(2,3)15-12(19)10-8-11(10)13(20)17-6-4-16(9-18)5-7-17/h9-11H,4-8H2,1-3H3,(H,15,19). The molecule has 2 aliphatic rings. The summed E-state index contributed by atoms with van der Waals surface area (Å²) in [4.78, 5) is 38.3. The maximum Gasteiger partial charge on any atom is 0.226 e. The molecule has 0 aromatic rings. The fourth-order valence-corrected chi connectivity index (χ4v) is 2.50. The molecule has 1 saturated carbocycles. The molecule has 0 bridgehead atoms. The number of nitrogens with zero attached hydrogens (tertiary/aromatic N) is 2. The van der Waals surface area contributed by atoms with Gasteiger partial charge in [0.15, 0.2) is 0 Å². The lowest BCUT2D eigenvalue weighted by atomic mass is 10.1. The average molecular weight is 281 g/mol. The number of amides is 3. The molecule has 0 radical (unpaired) electrons. The molecule has 2 fully saturated rings. The molecule has 1 aliphatic carbocycles. The van der Waals surface area contributed by atoms with E-state index >= 15 is 0 Å². The van der Waals surface area contributed by atoms with Gasteiger partial charge in [0.25, 0.3) is 0 Å². The van der Waals surface area contributed by atoms with Crippen LogP contribution in [-0.4, -0.2) is 59.7 Å². The lowest BCUT2D eigenvalue weighted by molar-refractivity contribution is -0.137. The first kappa shape index (κ1) is 14.8. The van der Waals surface area contributed by atoms with Gasteiger partial charge in [-0.3, -0.25) is 14.4 Å². The molecule has 1 saturated heterocycles. The second-order valence-electron chi connectivity index (χ2n) is 6.65. The van der Waals surface area contributed by atoms with Gasteiger partial charge in [-0.25, -0.2) is 0 Å². The predicted molar refractivity (Wildman–Crippen MR) is 73.7 cm³/mol. The van der Waals surface area contributed by atoms with E-state index in [-0.39, 0.29) is 29.2 Å². The van der Waals surface area contributed by atoms with Crippen LogP contribution in [0.5, 0.6) is 0 Å². The lowest BCUT2D eigenvalue weighted by Gasteiger charge is -2.32. The predicted octanol–water partition coefficient (Wildman–Crippen LogP) is -0.162. The molecule has 20 heavy (non-hydrogen) atoms. The Kier molecular flexibility index (Phi) is 4.01. The van der Waals surface area contributed by atoms with Crippen molar-refractivity contribution in [3.63, 3.8) is 0 Å². The summed E-state index contributed by atoms with van der Waals surface area (Å²) in [5.74, 6) is -0.307. The van der Waals surface area contributed by atoms with Crippen molar-refractivity contribution in [2.45, 2.75) is 32.7 Å². The molecule has 1 aliphatic heterocycles. The molecule has 2 atom stereocenters. The highest BCUT2D eigenvalue weighted by molar-refractivity contribution is 5.92. The Hall–Kier alpha value is -1.59. The van der Waals surface area contributed by atoms with Gasteiger partial charge < -0.3 is 15.1 Å². The van der Waals surface area contributed by atoms with Crippen LogP contribution in [-0.2, 0) is 14.4 Å². The Morgan fingerprint density at radius 3 is 2.20 bits per heavy atom. The van der Waals surface area contributed by atoms with Crippen LogP contribution in [0.1, 0.15) is 27.2 Å². The minimum atomic E-state index is -0.261. The van der Waals surface area contributed by atoms with Gasteiger partial charge in [-0.15, -0.1) is 0 Å². The van der Waals surface area contributed by atoms with Gasteiger partial charge in [0.1, 0.15) is 0 Å². The quantitative estimate of drug-likeness (QED) is 0.731. The second-order valence-corrected chi connectivity index (χ2v) is 6.65. The number of carbonyl (C=O) groups is 3. The third-order valence-corrected chi connectivity index (χ3v) is 3.72. The van der Waals surface area contributed by atoms with Crippen molar-refractivity contribution in [2.75, 3.05) is 26.2 Å². The van der Waals surface area contributed by atoms with Gasteiger partial charge in [-0.2, -0.15) is 0 Å². The fourth-order valence-electron chi connectivity index (χ4n) is 2.50. The molecule has 6 heteroatoms. The first-order chi connectivity index (χ1) is 9.31. The van der Waals surface area contributed by atoms with Crippen molar-refractivity contribution in [1.82, 2.24) is 15.1 Å². The second kappa shape index (κ2) is 5.42. The molecule has 1 heterocycles. The van der Waals surface area contributed by atoms with Gasteiger partial charge in [-0.1, -0.05) is 0 Å². The Bertz CT molecular complexity index is 408. The van der Waals surface area contributed by atoms with Gasteiger partial charge in [0, 0.05) is 31.7 Å². The summed E-state index contributed by atoms with van der Waals surface area (Å²) < 4.78 is 0. The molecular weight excluding hydrogens is 258 g/mol. The number of hydrogen-bond donors (Lipinski definition) is 1. The van der Waals surface area contributed by atoms with Gasteiger partial charge >= 0.3 is 0 Å². The van der Waals surface area contributed by atoms with Crippen LogP contribution in [0, 0.1) is 11.8 Å². The molecular formula is C14H23N3O3. The van der Waals surface area contributed by atoms with Crippen LogP contribution in [0.4, 0.5) is 0 Å². The minimum Gasteiger partial charge on any atom is -0.351 e. The maximum absolute atomic E-state index is 12.3. The van der Waals surface area contributed by atoms with Gasteiger partial charge in [0.2, 0.25) is 18.2 Å². The van der Waals surface area contributed by atoms with Crippen LogP contribution < -0.4 is 5.32 Å². The number of nitrogens with one attached hydrogen (secondary N) is 1. The summed E-state index contributed by atoms with van der Waals surface area (Å²) >= 11 is 0. The molecule has 2 unspecified atom stereocenters. The Morgan fingerprint density at radius 2 is 1.70 bits per heavy atom. The van der Waals surface area contributed by atoms with Crippen molar-refractivity contribution < 1.29 is 14.4 Å². The monoisotopic (exact) mass is 281 g/mol. The van der Waals surface area contributed by atoms with Crippen LogP contribution in [0.3, 0.4) is 0 Å². The SMILES string of the molecule is CC(C)(C)NC(=O)C1CC1C(=O)N1CCN(C=O)CC1. The van der Waals surface area contributed by atoms with E-state index in [2.05, 4.69) is 5.32 Å². The van der Waals surface area contributed by atoms with Crippen molar-refractivity contribution >= 4 is 18.2 Å². The zero-order chi connectivity index (χ0) is 14.9. The van der Waals surface area contributed by atoms with Crippen LogP contribution in [0.15, 0.2) is 0 Å². The summed E-state index contributed by atoms with van der Waals surface area (Å²) in [5.41, 5.74) is -0.261. The average Bonchev–Trinajstić information content (AvgIpc) is 3.16. The highest BCUT2D eigenvalue weighted by Crippen LogP contribution is 2.40. The normalized spacial score (nSPS) is 26.1. The minimum absolute atomic E-state index is 0.0256. The molecule has 3 amide bonds. The van der Waals surface area contributed by atoms with Crippen molar-refractivity contribution in [3.8, 4) is 0 Å². The number of rotatable bonds is 3. The van der Waals surface area contributed by atoms with Crippen molar-refractivity contribution in [3.05, 3.63) is 0 Å². The number of piperazine rings is 1. The van der Waals surface area contributed by atoms with Crippen LogP contribution >= 0.6 is 0 Å². The zero-order valence-electron chi connectivity index (χ0n) is 12.4. The molecule has 0 aromatic carbocycles. The van der Waals surface area contributed by atoms with E-state index in [1.54, 1.807) is 9.80 Å². The largest absolute Gasteiger partial charge is 0.351 e. The van der Waals surface area contributed by atoms with E-state index in [1.807, 2.05) is 20.8 Å². The summed E-state index contributed by atoms with van der Waals surface area (Å²) in [6, 6.07) is 0. The van der Waals surface area contributed by atoms with Gasteiger partial charge in [-0.05, 0) is 27.2 Å². The molecule has 0 aromatic heterocycles. The van der Waals surface area contributed by atoms with E-state index in [1.165, 1.54) is 0 Å². The third kappa shape index (κ3) is 3.49. The maximum atomic E-state index is 12.3. The van der Waals surface area contributed by atoms with E-state index in [4.69, 9.17) is 0 Å². The van der Waals surface area contributed by atoms with Crippen LogP contribution in [0.2, 0.25) is 0 Å². The summed E-state index contributed by atoms with van der Waals surface area (Å²) in [5, 5.41) is 2.92. The molecule has 0 spiro atoms. The smallest absolute Gasteiger partial charge is 0.226 e. The van der Waals surface area contributed by atoms with E-state index < -0.39 is 0 Å². The first-order valence-corrected chi connectivity index (χ1v) is 7.12. The zero-order valence-corrected chi connectivity index (χ0v) is 12.4. The lowest BCUT2D eigenvalue weighted by Crippen LogP contribution is -2.49. The van der Waals surface area contributed by atoms with E-state index in [0.717, 1.165) is 6.41 Å². The molecule has 6 nitrogen and oxygen atoms in total. The third-order valence-electron chi connectivity index (χ3n) is 3.72. The molecule has 2 rings (SSSR count). The fraction of sp³-hybridized carbons (Fsp3) is 0.786. The Balaban J connectivity index is 1.81. The first-order valence-electron chi connectivity index (χ1n) is 7.12.